The molecule has 0 spiro atoms. The van der Waals surface area contributed by atoms with Crippen LogP contribution in [0.1, 0.15) is 63.3 Å². The highest BCUT2D eigenvalue weighted by Crippen LogP contribution is 2.34. The Kier molecular flexibility index (Phi) is 9.25. The zero-order valence-corrected chi connectivity index (χ0v) is 26.1. The number of para-hydroxylation sites is 1. The number of amides is 1. The summed E-state index contributed by atoms with van der Waals surface area (Å²) in [6.07, 6.45) is 3.52. The van der Waals surface area contributed by atoms with Gasteiger partial charge in [0.2, 0.25) is 0 Å². The molecule has 11 heteroatoms. The summed E-state index contributed by atoms with van der Waals surface area (Å²) in [6.45, 7) is 11.5. The van der Waals surface area contributed by atoms with Gasteiger partial charge in [0.05, 0.1) is 36.5 Å². The summed E-state index contributed by atoms with van der Waals surface area (Å²) in [5.41, 5.74) is 2.70. The Balaban J connectivity index is 1.47. The van der Waals surface area contributed by atoms with E-state index in [1.165, 1.54) is 6.07 Å². The van der Waals surface area contributed by atoms with E-state index in [1.807, 2.05) is 33.8 Å². The molecular weight excluding hydrogens is 549 g/mol. The van der Waals surface area contributed by atoms with Crippen molar-refractivity contribution < 1.29 is 18.7 Å². The number of nitriles is 1. The van der Waals surface area contributed by atoms with E-state index in [-0.39, 0.29) is 18.3 Å². The van der Waals surface area contributed by atoms with Crippen LogP contribution in [0, 0.1) is 24.1 Å². The zero-order chi connectivity index (χ0) is 30.7. The van der Waals surface area contributed by atoms with Crippen molar-refractivity contribution in [1.29, 1.82) is 5.26 Å². The molecule has 1 aromatic carbocycles. The van der Waals surface area contributed by atoms with Crippen molar-refractivity contribution in [2.45, 2.75) is 84.0 Å². The Hall–Kier alpha value is -3.65. The Morgan fingerprint density at radius 1 is 1.12 bits per heavy atom. The van der Waals surface area contributed by atoms with Crippen LogP contribution in [0.15, 0.2) is 18.2 Å². The van der Waals surface area contributed by atoms with E-state index in [4.69, 9.17) is 19.4 Å². The van der Waals surface area contributed by atoms with Crippen LogP contribution in [0.5, 0.6) is 6.01 Å². The predicted molar refractivity (Wildman–Crippen MR) is 163 cm³/mol. The van der Waals surface area contributed by atoms with Gasteiger partial charge in [-0.25, -0.2) is 9.18 Å². The Labute approximate surface area is 254 Å². The fraction of sp³-hybridized carbons (Fsp3) is 0.625. The number of benzene rings is 1. The molecule has 0 unspecified atom stereocenters. The van der Waals surface area contributed by atoms with Gasteiger partial charge in [-0.15, -0.1) is 0 Å². The number of nitrogens with zero attached hydrogens (tertiary/aromatic N) is 7. The molecule has 43 heavy (non-hydrogen) atoms. The summed E-state index contributed by atoms with van der Waals surface area (Å²) < 4.78 is 27.0. The molecule has 0 bridgehead atoms. The van der Waals surface area contributed by atoms with Crippen LogP contribution in [0.2, 0.25) is 0 Å². The SMILES string of the molecule is Cc1cccc(F)c1N1CCCc2c(nc(OC[C@@H]3CCCN3C)nc2N2CCN(C(=O)OC(C)(C)C)[C@@H](CC#N)C2)C1. The first-order chi connectivity index (χ1) is 20.5. The minimum atomic E-state index is -0.628. The number of carbonyl (C=O) groups excluding carboxylic acids is 1. The van der Waals surface area contributed by atoms with Crippen LogP contribution < -0.4 is 14.5 Å². The number of hydrogen-bond donors (Lipinski definition) is 0. The minimum absolute atomic E-state index is 0.181. The monoisotopic (exact) mass is 593 g/mol. The maximum absolute atomic E-state index is 15.1. The second kappa shape index (κ2) is 12.9. The Bertz CT molecular complexity index is 1340. The van der Waals surface area contributed by atoms with Crippen LogP contribution in [0.3, 0.4) is 0 Å². The second-order valence-electron chi connectivity index (χ2n) is 12.9. The highest BCUT2D eigenvalue weighted by Gasteiger charge is 2.36. The summed E-state index contributed by atoms with van der Waals surface area (Å²) in [6, 6.07) is 7.70. The molecule has 10 nitrogen and oxygen atoms in total. The van der Waals surface area contributed by atoms with E-state index in [1.54, 1.807) is 11.0 Å². The number of rotatable bonds is 6. The average Bonchev–Trinajstić information content (AvgIpc) is 3.23. The number of piperazine rings is 1. The lowest BCUT2D eigenvalue weighted by molar-refractivity contribution is 0.0144. The lowest BCUT2D eigenvalue weighted by Crippen LogP contribution is -2.56. The van der Waals surface area contributed by atoms with E-state index < -0.39 is 11.7 Å². The molecule has 2 fully saturated rings. The van der Waals surface area contributed by atoms with E-state index in [0.717, 1.165) is 54.9 Å². The number of hydrogen-bond acceptors (Lipinski definition) is 9. The van der Waals surface area contributed by atoms with Gasteiger partial charge in [0.1, 0.15) is 23.8 Å². The first-order valence-electron chi connectivity index (χ1n) is 15.4. The third-order valence-electron chi connectivity index (χ3n) is 8.56. The largest absolute Gasteiger partial charge is 0.462 e. The van der Waals surface area contributed by atoms with Gasteiger partial charge in [-0.05, 0) is 78.6 Å². The van der Waals surface area contributed by atoms with E-state index >= 15 is 4.39 Å². The number of carbonyl (C=O) groups is 1. The van der Waals surface area contributed by atoms with Crippen molar-refractivity contribution in [2.24, 2.45) is 0 Å². The van der Waals surface area contributed by atoms with Crippen molar-refractivity contribution >= 4 is 17.6 Å². The minimum Gasteiger partial charge on any atom is -0.462 e. The molecule has 5 rings (SSSR count). The van der Waals surface area contributed by atoms with Gasteiger partial charge >= 0.3 is 12.1 Å². The topological polar surface area (TPSA) is 98.1 Å². The van der Waals surface area contributed by atoms with Crippen LogP contribution in [0.4, 0.5) is 20.7 Å². The van der Waals surface area contributed by atoms with Crippen molar-refractivity contribution in [3.8, 4) is 12.1 Å². The molecular formula is C32H44FN7O3. The molecule has 0 radical (unpaired) electrons. The van der Waals surface area contributed by atoms with Crippen LogP contribution in [0.25, 0.3) is 0 Å². The molecule has 1 aromatic heterocycles. The molecule has 3 aliphatic rings. The number of anilines is 2. The molecule has 1 amide bonds. The Morgan fingerprint density at radius 3 is 2.63 bits per heavy atom. The summed E-state index contributed by atoms with van der Waals surface area (Å²) in [5, 5.41) is 9.63. The van der Waals surface area contributed by atoms with E-state index in [0.29, 0.717) is 57.1 Å². The van der Waals surface area contributed by atoms with Crippen molar-refractivity contribution in [3.05, 3.63) is 40.8 Å². The van der Waals surface area contributed by atoms with Gasteiger partial charge in [0, 0.05) is 37.8 Å². The highest BCUT2D eigenvalue weighted by molar-refractivity contribution is 5.69. The Morgan fingerprint density at radius 2 is 1.93 bits per heavy atom. The third-order valence-corrected chi connectivity index (χ3v) is 8.56. The maximum atomic E-state index is 15.1. The fourth-order valence-corrected chi connectivity index (χ4v) is 6.38. The molecule has 2 saturated heterocycles. The highest BCUT2D eigenvalue weighted by atomic mass is 19.1. The molecule has 3 aliphatic heterocycles. The van der Waals surface area contributed by atoms with Crippen molar-refractivity contribution in [2.75, 3.05) is 56.2 Å². The van der Waals surface area contributed by atoms with Gasteiger partial charge in [-0.1, -0.05) is 12.1 Å². The summed E-state index contributed by atoms with van der Waals surface area (Å²) in [4.78, 5) is 31.1. The smallest absolute Gasteiger partial charge is 0.410 e. The van der Waals surface area contributed by atoms with Crippen molar-refractivity contribution in [1.82, 2.24) is 19.8 Å². The number of likely N-dealkylation sites (N-methyl/N-ethyl adjacent to an activating group) is 1. The number of fused-ring (bicyclic) bond motifs is 1. The van der Waals surface area contributed by atoms with Gasteiger partial charge in [0.25, 0.3) is 0 Å². The molecule has 0 saturated carbocycles. The van der Waals surface area contributed by atoms with Gasteiger partial charge in [0.15, 0.2) is 0 Å². The van der Waals surface area contributed by atoms with Gasteiger partial charge in [-0.3, -0.25) is 0 Å². The summed E-state index contributed by atoms with van der Waals surface area (Å²) >= 11 is 0. The second-order valence-corrected chi connectivity index (χ2v) is 12.9. The number of likely N-dealkylation sites (tertiary alicyclic amines) is 1. The predicted octanol–water partition coefficient (Wildman–Crippen LogP) is 4.69. The van der Waals surface area contributed by atoms with Crippen LogP contribution in [-0.2, 0) is 17.7 Å². The normalized spacial score (nSPS) is 21.3. The van der Waals surface area contributed by atoms with Crippen molar-refractivity contribution in [3.63, 3.8) is 0 Å². The van der Waals surface area contributed by atoms with E-state index in [2.05, 4.69) is 27.8 Å². The number of halogens is 1. The molecule has 0 N–H and O–H groups in total. The lowest BCUT2D eigenvalue weighted by atomic mass is 10.1. The van der Waals surface area contributed by atoms with Crippen LogP contribution >= 0.6 is 0 Å². The molecule has 4 heterocycles. The quantitative estimate of drug-likeness (QED) is 0.473. The van der Waals surface area contributed by atoms with Crippen LogP contribution in [-0.4, -0.2) is 89.9 Å². The fourth-order valence-electron chi connectivity index (χ4n) is 6.38. The average molecular weight is 594 g/mol. The number of ether oxygens (including phenoxy) is 2. The van der Waals surface area contributed by atoms with Gasteiger partial charge in [-0.2, -0.15) is 15.2 Å². The molecule has 0 aliphatic carbocycles. The molecule has 2 atom stereocenters. The maximum Gasteiger partial charge on any atom is 0.410 e. The van der Waals surface area contributed by atoms with Gasteiger partial charge < -0.3 is 29.1 Å². The number of aromatic nitrogens is 2. The zero-order valence-electron chi connectivity index (χ0n) is 26.1. The third kappa shape index (κ3) is 7.12. The molecule has 232 valence electrons. The van der Waals surface area contributed by atoms with E-state index in [9.17, 15) is 10.1 Å². The lowest BCUT2D eigenvalue weighted by Gasteiger charge is -2.42. The first-order valence-corrected chi connectivity index (χ1v) is 15.4. The summed E-state index contributed by atoms with van der Waals surface area (Å²) in [7, 11) is 2.11. The standard InChI is InChI=1S/C32H44FN7O3/c1-22-9-6-12-26(33)28(22)38-16-8-11-25-27(20-38)35-30(42-21-24-10-7-15-37(24)5)36-29(25)39-17-18-40(23(19-39)13-14-34)31(41)43-32(2,3)4/h6,9,12,23-24H,7-8,10-11,13,15-21H2,1-5H3/t23-,24-/m0/s1. The number of aryl methyl sites for hydroxylation is 1. The first kappa shape index (κ1) is 30.8. The molecule has 2 aromatic rings. The summed E-state index contributed by atoms with van der Waals surface area (Å²) in [5.74, 6) is 0.537.